The second-order valence-electron chi connectivity index (χ2n) is 7.72. The smallest absolute Gasteiger partial charge is 0.228 e. The van der Waals surface area contributed by atoms with E-state index in [2.05, 4.69) is 15.3 Å². The number of rotatable bonds is 6. The van der Waals surface area contributed by atoms with Gasteiger partial charge in [-0.3, -0.25) is 14.6 Å². The molecule has 2 N–H and O–H groups in total. The highest BCUT2D eigenvalue weighted by atomic mass is 16.5. The Morgan fingerprint density at radius 1 is 1.27 bits per heavy atom. The van der Waals surface area contributed by atoms with Gasteiger partial charge in [-0.15, -0.1) is 0 Å². The highest BCUT2D eigenvalue weighted by molar-refractivity contribution is 5.98. The average molecular weight is 408 g/mol. The lowest BCUT2D eigenvalue weighted by molar-refractivity contribution is -0.117. The largest absolute Gasteiger partial charge is 0.376 e. The van der Waals surface area contributed by atoms with Gasteiger partial charge in [0.1, 0.15) is 18.1 Å². The molecule has 0 saturated heterocycles. The summed E-state index contributed by atoms with van der Waals surface area (Å²) >= 11 is 0. The second kappa shape index (κ2) is 7.97. The maximum atomic E-state index is 12.0. The van der Waals surface area contributed by atoms with Gasteiger partial charge >= 0.3 is 0 Å². The number of nitrogens with zero attached hydrogens (tertiary/aromatic N) is 3. The lowest BCUT2D eigenvalue weighted by Gasteiger charge is -2.33. The number of pyridine rings is 2. The Balaban J connectivity index is 1.65. The number of anilines is 2. The number of aryl methyl sites for hydroxylation is 1. The Hall–Kier alpha value is -3.10. The first-order chi connectivity index (χ1) is 14.4. The van der Waals surface area contributed by atoms with Crippen LogP contribution in [0.1, 0.15) is 40.0 Å². The molecular weight excluding hydrogens is 384 g/mol. The van der Waals surface area contributed by atoms with E-state index in [9.17, 15) is 14.7 Å². The number of carbonyl (C=O) groups excluding carboxylic acids is 2. The molecule has 156 valence electrons. The van der Waals surface area contributed by atoms with Crippen molar-refractivity contribution in [1.29, 1.82) is 0 Å². The number of likely N-dealkylation sites (N-methyl/N-ethyl adjacent to an activating group) is 1. The van der Waals surface area contributed by atoms with E-state index in [0.29, 0.717) is 17.1 Å². The molecule has 3 heterocycles. The van der Waals surface area contributed by atoms with E-state index < -0.39 is 6.23 Å². The van der Waals surface area contributed by atoms with Gasteiger partial charge < -0.3 is 20.1 Å². The normalized spacial score (nSPS) is 17.9. The number of carbonyl (C=O) groups is 2. The Kier molecular flexibility index (Phi) is 5.36. The highest BCUT2D eigenvalue weighted by Crippen LogP contribution is 2.37. The number of ketones is 1. The van der Waals surface area contributed by atoms with Crippen molar-refractivity contribution in [1.82, 2.24) is 9.97 Å². The van der Waals surface area contributed by atoms with E-state index in [0.717, 1.165) is 35.2 Å². The van der Waals surface area contributed by atoms with Gasteiger partial charge in [0.05, 0.1) is 5.69 Å². The SMILES string of the molecule is COCC(=O)c1cc(C)c(C2=Cc3cnc(NC(=O)C4CC4)cc3N(C)C2O)cn1. The van der Waals surface area contributed by atoms with Crippen LogP contribution in [0.15, 0.2) is 24.5 Å². The fraction of sp³-hybridized carbons (Fsp3) is 0.364. The molecule has 2 aromatic rings. The molecule has 1 saturated carbocycles. The van der Waals surface area contributed by atoms with Gasteiger partial charge in [-0.05, 0) is 37.5 Å². The molecule has 2 aromatic heterocycles. The first kappa shape index (κ1) is 20.2. The van der Waals surface area contributed by atoms with Crippen molar-refractivity contribution in [3.05, 3.63) is 46.9 Å². The second-order valence-corrected chi connectivity index (χ2v) is 7.72. The van der Waals surface area contributed by atoms with E-state index in [-0.39, 0.29) is 24.2 Å². The summed E-state index contributed by atoms with van der Waals surface area (Å²) in [5.74, 6) is 0.354. The summed E-state index contributed by atoms with van der Waals surface area (Å²) in [5.41, 5.74) is 4.16. The minimum atomic E-state index is -0.909. The number of aromatic nitrogens is 2. The van der Waals surface area contributed by atoms with Gasteiger partial charge in [0.15, 0.2) is 6.23 Å². The molecule has 1 atom stereocenters. The number of nitrogens with one attached hydrogen (secondary N) is 1. The summed E-state index contributed by atoms with van der Waals surface area (Å²) < 4.78 is 4.88. The van der Waals surface area contributed by atoms with Crippen LogP contribution >= 0.6 is 0 Å². The fourth-order valence-corrected chi connectivity index (χ4v) is 3.53. The Bertz CT molecular complexity index is 1050. The number of fused-ring (bicyclic) bond motifs is 1. The van der Waals surface area contributed by atoms with Crippen molar-refractivity contribution >= 4 is 34.8 Å². The summed E-state index contributed by atoms with van der Waals surface area (Å²) in [6.07, 6.45) is 6.08. The van der Waals surface area contributed by atoms with E-state index >= 15 is 0 Å². The van der Waals surface area contributed by atoms with E-state index in [1.54, 1.807) is 36.5 Å². The molecule has 0 spiro atoms. The van der Waals surface area contributed by atoms with Crippen molar-refractivity contribution < 1.29 is 19.4 Å². The number of amides is 1. The number of Topliss-reactive ketones (excluding diaryl/α,β-unsaturated/α-hetero) is 1. The maximum absolute atomic E-state index is 12.0. The minimum Gasteiger partial charge on any atom is -0.376 e. The zero-order chi connectivity index (χ0) is 21.4. The molecule has 2 aliphatic rings. The number of aliphatic hydroxyl groups excluding tert-OH is 1. The molecular formula is C22H24N4O4. The average Bonchev–Trinajstić information content (AvgIpc) is 3.57. The van der Waals surface area contributed by atoms with E-state index in [1.807, 2.05) is 13.0 Å². The van der Waals surface area contributed by atoms with Crippen molar-refractivity contribution in [2.45, 2.75) is 26.0 Å². The molecule has 1 fully saturated rings. The van der Waals surface area contributed by atoms with Gasteiger partial charge in [0.2, 0.25) is 11.7 Å². The first-order valence-electron chi connectivity index (χ1n) is 9.81. The van der Waals surface area contributed by atoms with Gasteiger partial charge in [0, 0.05) is 55.2 Å². The zero-order valence-corrected chi connectivity index (χ0v) is 17.2. The molecule has 1 aliphatic carbocycles. The summed E-state index contributed by atoms with van der Waals surface area (Å²) in [7, 11) is 3.24. The first-order valence-corrected chi connectivity index (χ1v) is 9.81. The Labute approximate surface area is 174 Å². The highest BCUT2D eigenvalue weighted by Gasteiger charge is 2.31. The number of hydrogen-bond acceptors (Lipinski definition) is 7. The van der Waals surface area contributed by atoms with Gasteiger partial charge in [-0.25, -0.2) is 4.98 Å². The van der Waals surface area contributed by atoms with Crippen LogP contribution in [-0.2, 0) is 9.53 Å². The predicted molar refractivity (Wildman–Crippen MR) is 113 cm³/mol. The van der Waals surface area contributed by atoms with E-state index in [4.69, 9.17) is 4.74 Å². The molecule has 1 aliphatic heterocycles. The third kappa shape index (κ3) is 3.83. The van der Waals surface area contributed by atoms with Crippen LogP contribution in [0.4, 0.5) is 11.5 Å². The molecule has 0 radical (unpaired) electrons. The number of aliphatic hydroxyl groups is 1. The summed E-state index contributed by atoms with van der Waals surface area (Å²) in [6, 6.07) is 3.47. The molecule has 1 unspecified atom stereocenters. The van der Waals surface area contributed by atoms with Crippen LogP contribution in [0.25, 0.3) is 11.6 Å². The van der Waals surface area contributed by atoms with Crippen molar-refractivity contribution in [2.75, 3.05) is 31.0 Å². The number of methoxy groups -OCH3 is 1. The van der Waals surface area contributed by atoms with Crippen LogP contribution in [0.3, 0.4) is 0 Å². The van der Waals surface area contributed by atoms with Crippen molar-refractivity contribution in [2.24, 2.45) is 5.92 Å². The third-order valence-electron chi connectivity index (χ3n) is 5.43. The Morgan fingerprint density at radius 2 is 2.03 bits per heavy atom. The third-order valence-corrected chi connectivity index (χ3v) is 5.43. The zero-order valence-electron chi connectivity index (χ0n) is 17.2. The maximum Gasteiger partial charge on any atom is 0.228 e. The van der Waals surface area contributed by atoms with Crippen molar-refractivity contribution in [3.8, 4) is 0 Å². The molecule has 30 heavy (non-hydrogen) atoms. The summed E-state index contributed by atoms with van der Waals surface area (Å²) in [6.45, 7) is 1.84. The summed E-state index contributed by atoms with van der Waals surface area (Å²) in [5, 5.41) is 13.8. The van der Waals surface area contributed by atoms with Crippen molar-refractivity contribution in [3.63, 3.8) is 0 Å². The quantitative estimate of drug-likeness (QED) is 0.707. The van der Waals surface area contributed by atoms with Gasteiger partial charge in [-0.2, -0.15) is 0 Å². The lowest BCUT2D eigenvalue weighted by atomic mass is 9.94. The fourth-order valence-electron chi connectivity index (χ4n) is 3.53. The van der Waals surface area contributed by atoms with Crippen LogP contribution in [0, 0.1) is 12.8 Å². The molecule has 8 nitrogen and oxygen atoms in total. The predicted octanol–water partition coefficient (Wildman–Crippen LogP) is 2.27. The van der Waals surface area contributed by atoms with Crippen LogP contribution in [-0.4, -0.2) is 53.8 Å². The molecule has 1 amide bonds. The van der Waals surface area contributed by atoms with Crippen LogP contribution < -0.4 is 10.2 Å². The Morgan fingerprint density at radius 3 is 2.70 bits per heavy atom. The van der Waals surface area contributed by atoms with Crippen LogP contribution in [0.2, 0.25) is 0 Å². The summed E-state index contributed by atoms with van der Waals surface area (Å²) in [4.78, 5) is 34.4. The van der Waals surface area contributed by atoms with Crippen LogP contribution in [0.5, 0.6) is 0 Å². The lowest BCUT2D eigenvalue weighted by Crippen LogP contribution is -2.35. The standard InChI is InChI=1S/C22H24N4O4/c1-12-6-17(19(27)11-30-3)23-10-16(12)15-7-14-9-24-20(25-21(28)13-4-5-13)8-18(14)26(2)22(15)29/h6-10,13,22,29H,4-5,11H2,1-3H3,(H,24,25,28). The topological polar surface area (TPSA) is 105 Å². The molecule has 0 aromatic carbocycles. The molecule has 0 bridgehead atoms. The van der Waals surface area contributed by atoms with E-state index in [1.165, 1.54) is 7.11 Å². The molecule has 4 rings (SSSR count). The number of ether oxygens (including phenoxy) is 1. The molecule has 8 heteroatoms. The minimum absolute atomic E-state index is 0.0116. The monoisotopic (exact) mass is 408 g/mol. The van der Waals surface area contributed by atoms with Gasteiger partial charge in [-0.1, -0.05) is 0 Å². The van der Waals surface area contributed by atoms with Gasteiger partial charge in [0.25, 0.3) is 0 Å². The number of hydrogen-bond donors (Lipinski definition) is 2.